The summed E-state index contributed by atoms with van der Waals surface area (Å²) in [6.45, 7) is 8.00. The molecule has 0 saturated heterocycles. The quantitative estimate of drug-likeness (QED) is 0.684. The Hall–Kier alpha value is -0.530. The number of aryl methyl sites for hydroxylation is 1. The molecule has 0 unspecified atom stereocenters. The van der Waals surface area contributed by atoms with E-state index in [4.69, 9.17) is 16.3 Å². The minimum atomic E-state index is 0.690. The number of ether oxygens (including phenoxy) is 1. The molecule has 84 valence electrons. The van der Waals surface area contributed by atoms with Crippen molar-refractivity contribution in [2.45, 2.75) is 33.8 Å². The van der Waals surface area contributed by atoms with E-state index >= 15 is 0 Å². The smallest absolute Gasteiger partial charge is 0.0719 e. The number of halogens is 1. The van der Waals surface area contributed by atoms with Crippen LogP contribution in [0.25, 0.3) is 0 Å². The van der Waals surface area contributed by atoms with Crippen LogP contribution in [0.5, 0.6) is 0 Å². The minimum Gasteiger partial charge on any atom is -0.377 e. The van der Waals surface area contributed by atoms with Gasteiger partial charge in [0.25, 0.3) is 0 Å². The molecule has 0 aliphatic heterocycles. The van der Waals surface area contributed by atoms with Gasteiger partial charge in [0.1, 0.15) is 0 Å². The lowest BCUT2D eigenvalue weighted by Crippen LogP contribution is -2.00. The van der Waals surface area contributed by atoms with Crippen molar-refractivity contribution in [2.75, 3.05) is 6.61 Å². The molecule has 0 saturated carbocycles. The van der Waals surface area contributed by atoms with Gasteiger partial charge in [-0.3, -0.25) is 0 Å². The van der Waals surface area contributed by atoms with E-state index in [-0.39, 0.29) is 0 Å². The summed E-state index contributed by atoms with van der Waals surface area (Å²) in [5.74, 6) is 0.705. The number of rotatable bonds is 5. The highest BCUT2D eigenvalue weighted by atomic mass is 35.5. The highest BCUT2D eigenvalue weighted by molar-refractivity contribution is 6.30. The largest absolute Gasteiger partial charge is 0.377 e. The molecule has 1 rings (SSSR count). The molecular formula is C13H19ClO. The van der Waals surface area contributed by atoms with Crippen LogP contribution in [-0.2, 0) is 11.3 Å². The predicted octanol–water partition coefficient (Wildman–Crippen LogP) is 4.21. The van der Waals surface area contributed by atoms with Gasteiger partial charge < -0.3 is 4.74 Å². The zero-order chi connectivity index (χ0) is 11.3. The monoisotopic (exact) mass is 226 g/mol. The lowest BCUT2D eigenvalue weighted by molar-refractivity contribution is 0.110. The molecule has 1 nitrogen and oxygen atoms in total. The van der Waals surface area contributed by atoms with Crippen LogP contribution in [-0.4, -0.2) is 6.61 Å². The molecule has 0 heterocycles. The molecule has 0 atom stereocenters. The van der Waals surface area contributed by atoms with Crippen LogP contribution >= 0.6 is 11.6 Å². The van der Waals surface area contributed by atoms with Crippen LogP contribution in [0.3, 0.4) is 0 Å². The molecule has 0 spiro atoms. The number of hydrogen-bond acceptors (Lipinski definition) is 1. The molecule has 0 amide bonds. The van der Waals surface area contributed by atoms with Gasteiger partial charge in [0.15, 0.2) is 0 Å². The first kappa shape index (κ1) is 12.5. The Kier molecular flexibility index (Phi) is 5.13. The van der Waals surface area contributed by atoms with E-state index in [9.17, 15) is 0 Å². The molecule has 0 radical (unpaired) electrons. The Balaban J connectivity index is 2.37. The first-order valence-corrected chi connectivity index (χ1v) is 5.80. The Morgan fingerprint density at radius 1 is 1.33 bits per heavy atom. The Morgan fingerprint density at radius 2 is 2.07 bits per heavy atom. The summed E-state index contributed by atoms with van der Waals surface area (Å²) in [5.41, 5.74) is 2.43. The molecule has 0 N–H and O–H groups in total. The second kappa shape index (κ2) is 6.14. The molecule has 1 aromatic rings. The van der Waals surface area contributed by atoms with Crippen LogP contribution in [0.4, 0.5) is 0 Å². The first-order valence-electron chi connectivity index (χ1n) is 5.42. The van der Waals surface area contributed by atoms with Gasteiger partial charge in [-0.05, 0) is 42.5 Å². The van der Waals surface area contributed by atoms with E-state index in [1.165, 1.54) is 11.1 Å². The lowest BCUT2D eigenvalue weighted by atomic mass is 10.1. The molecule has 0 fully saturated rings. The van der Waals surface area contributed by atoms with Crippen molar-refractivity contribution in [1.82, 2.24) is 0 Å². The van der Waals surface area contributed by atoms with Gasteiger partial charge in [0, 0.05) is 11.6 Å². The predicted molar refractivity (Wildman–Crippen MR) is 65.3 cm³/mol. The molecule has 2 heteroatoms. The van der Waals surface area contributed by atoms with Crippen molar-refractivity contribution < 1.29 is 4.74 Å². The highest BCUT2D eigenvalue weighted by Gasteiger charge is 2.00. The summed E-state index contributed by atoms with van der Waals surface area (Å²) in [6.07, 6.45) is 1.12. The fourth-order valence-electron chi connectivity index (χ4n) is 1.32. The van der Waals surface area contributed by atoms with Crippen LogP contribution in [0, 0.1) is 12.8 Å². The molecule has 1 aromatic carbocycles. The number of hydrogen-bond donors (Lipinski definition) is 0. The summed E-state index contributed by atoms with van der Waals surface area (Å²) in [5, 5.41) is 0.790. The van der Waals surface area contributed by atoms with Crippen LogP contribution in [0.1, 0.15) is 31.4 Å². The van der Waals surface area contributed by atoms with Gasteiger partial charge in [-0.15, -0.1) is 0 Å². The van der Waals surface area contributed by atoms with Crippen molar-refractivity contribution in [2.24, 2.45) is 5.92 Å². The van der Waals surface area contributed by atoms with Gasteiger partial charge in [-0.2, -0.15) is 0 Å². The summed E-state index contributed by atoms with van der Waals surface area (Å²) < 4.78 is 5.61. The average molecular weight is 227 g/mol. The fraction of sp³-hybridized carbons (Fsp3) is 0.538. The van der Waals surface area contributed by atoms with Crippen molar-refractivity contribution in [1.29, 1.82) is 0 Å². The number of benzene rings is 1. The van der Waals surface area contributed by atoms with Crippen LogP contribution in [0.15, 0.2) is 18.2 Å². The zero-order valence-electron chi connectivity index (χ0n) is 9.72. The van der Waals surface area contributed by atoms with E-state index in [0.29, 0.717) is 12.5 Å². The topological polar surface area (TPSA) is 9.23 Å². The minimum absolute atomic E-state index is 0.690. The van der Waals surface area contributed by atoms with Crippen molar-refractivity contribution in [3.05, 3.63) is 34.3 Å². The van der Waals surface area contributed by atoms with E-state index in [1.807, 2.05) is 18.2 Å². The molecule has 15 heavy (non-hydrogen) atoms. The van der Waals surface area contributed by atoms with E-state index in [0.717, 1.165) is 18.1 Å². The van der Waals surface area contributed by atoms with Crippen LogP contribution in [0.2, 0.25) is 5.02 Å². The molecule has 0 aromatic heterocycles. The van der Waals surface area contributed by atoms with E-state index in [2.05, 4.69) is 20.8 Å². The first-order chi connectivity index (χ1) is 7.09. The fourth-order valence-corrected chi connectivity index (χ4v) is 1.55. The van der Waals surface area contributed by atoms with Gasteiger partial charge in [0.2, 0.25) is 0 Å². The van der Waals surface area contributed by atoms with E-state index < -0.39 is 0 Å². The van der Waals surface area contributed by atoms with Crippen molar-refractivity contribution >= 4 is 11.6 Å². The lowest BCUT2D eigenvalue weighted by Gasteiger charge is -2.08. The maximum Gasteiger partial charge on any atom is 0.0719 e. The summed E-state index contributed by atoms with van der Waals surface area (Å²) in [4.78, 5) is 0. The van der Waals surface area contributed by atoms with Gasteiger partial charge in [-0.1, -0.05) is 31.5 Å². The Morgan fingerprint density at radius 3 is 2.67 bits per heavy atom. The van der Waals surface area contributed by atoms with Crippen molar-refractivity contribution in [3.8, 4) is 0 Å². The van der Waals surface area contributed by atoms with Gasteiger partial charge >= 0.3 is 0 Å². The normalized spacial score (nSPS) is 11.0. The van der Waals surface area contributed by atoms with E-state index in [1.54, 1.807) is 0 Å². The third kappa shape index (κ3) is 4.67. The Bertz CT molecular complexity index is 307. The highest BCUT2D eigenvalue weighted by Crippen LogP contribution is 2.16. The van der Waals surface area contributed by atoms with Crippen molar-refractivity contribution in [3.63, 3.8) is 0 Å². The Labute approximate surface area is 97.4 Å². The summed E-state index contributed by atoms with van der Waals surface area (Å²) >= 11 is 5.88. The summed E-state index contributed by atoms with van der Waals surface area (Å²) in [7, 11) is 0. The molecule has 0 bridgehead atoms. The van der Waals surface area contributed by atoms with Gasteiger partial charge in [0.05, 0.1) is 6.61 Å². The third-order valence-electron chi connectivity index (χ3n) is 2.40. The van der Waals surface area contributed by atoms with Crippen LogP contribution < -0.4 is 0 Å². The summed E-state index contributed by atoms with van der Waals surface area (Å²) in [6, 6.07) is 5.92. The van der Waals surface area contributed by atoms with Gasteiger partial charge in [-0.25, -0.2) is 0 Å². The molecule has 0 aliphatic carbocycles. The maximum atomic E-state index is 5.88. The average Bonchev–Trinajstić information content (AvgIpc) is 2.14. The maximum absolute atomic E-state index is 5.88. The standard InChI is InChI=1S/C13H19ClO/c1-10(2)6-7-15-9-12-4-5-13(14)8-11(12)3/h4-5,8,10H,6-7,9H2,1-3H3. The second-order valence-electron chi connectivity index (χ2n) is 4.31. The molecular weight excluding hydrogens is 208 g/mol. The third-order valence-corrected chi connectivity index (χ3v) is 2.64. The molecule has 0 aliphatic rings. The second-order valence-corrected chi connectivity index (χ2v) is 4.74. The zero-order valence-corrected chi connectivity index (χ0v) is 10.5. The SMILES string of the molecule is Cc1cc(Cl)ccc1COCCC(C)C.